The van der Waals surface area contributed by atoms with Gasteiger partial charge in [0.1, 0.15) is 0 Å². The number of nitrogens with zero attached hydrogens (tertiary/aromatic N) is 4. The van der Waals surface area contributed by atoms with Gasteiger partial charge in [-0.25, -0.2) is 0 Å². The summed E-state index contributed by atoms with van der Waals surface area (Å²) in [5.41, 5.74) is 13.0. The molecular formula is C61H46Cl4N10. The van der Waals surface area contributed by atoms with E-state index in [0.717, 1.165) is 106 Å². The third-order valence-corrected chi connectivity index (χ3v) is 13.6. The maximum atomic E-state index is 8.88. The molecule has 0 amide bonds. The monoisotopic (exact) mass is 1060 g/mol. The van der Waals surface area contributed by atoms with Crippen molar-refractivity contribution in [3.05, 3.63) is 249 Å². The van der Waals surface area contributed by atoms with Crippen LogP contribution in [0.4, 0.5) is 17.5 Å². The summed E-state index contributed by atoms with van der Waals surface area (Å²) in [4.78, 5) is 0. The third kappa shape index (κ3) is 12.1. The molecule has 0 saturated heterocycles. The van der Waals surface area contributed by atoms with E-state index >= 15 is 0 Å². The molecular weight excluding hydrogens is 1010 g/mol. The number of aromatic amines is 3. The molecule has 3 heterocycles. The zero-order chi connectivity index (χ0) is 51.5. The van der Waals surface area contributed by atoms with Gasteiger partial charge in [0, 0.05) is 57.5 Å². The van der Waals surface area contributed by atoms with Gasteiger partial charge in [-0.3, -0.25) is 15.3 Å². The van der Waals surface area contributed by atoms with E-state index in [2.05, 4.69) is 95.1 Å². The third-order valence-electron chi connectivity index (χ3n) is 12.4. The van der Waals surface area contributed by atoms with Crippen molar-refractivity contribution in [3.63, 3.8) is 0 Å². The summed E-state index contributed by atoms with van der Waals surface area (Å²) in [7, 11) is 0. The summed E-state index contributed by atoms with van der Waals surface area (Å²) in [6.45, 7) is 2.01. The van der Waals surface area contributed by atoms with Crippen LogP contribution in [0.25, 0.3) is 66.1 Å². The van der Waals surface area contributed by atoms with Crippen LogP contribution in [0, 0.1) is 11.3 Å². The second kappa shape index (κ2) is 23.5. The Balaban J connectivity index is 0.000000128. The Kier molecular flexibility index (Phi) is 15.7. The standard InChI is InChI=1S/C21H15ClN4.C20H15Cl2N3.C20H16ClN3/c22-19-11-20-18(10-17(19)16-4-2-1-3-5-16)21(26-25-20)24-13-15-8-6-14(12-23)7-9-15;21-15-8-6-13(7-9-15)12-23-20-17-10-16(14-4-2-1-3-5-14)18(22)11-19(17)24-25-20;21-18-12-19-17(11-16(18)15-9-5-2-6-10-15)20(24-23-19)22-13-14-7-3-1-4-8-14/h1-11H,13H2,(H2,24,25,26);1-11H,12H2,(H2,23,24,25);1-12H,13H2,(H2,22,23,24). The first-order valence-electron chi connectivity index (χ1n) is 23.9. The molecule has 12 rings (SSSR count). The van der Waals surface area contributed by atoms with Gasteiger partial charge in [-0.05, 0) is 94.0 Å². The number of hydrogen-bond donors (Lipinski definition) is 6. The van der Waals surface area contributed by atoms with Crippen molar-refractivity contribution in [2.45, 2.75) is 19.6 Å². The van der Waals surface area contributed by atoms with Crippen LogP contribution >= 0.6 is 46.4 Å². The van der Waals surface area contributed by atoms with Crippen LogP contribution in [0.1, 0.15) is 22.3 Å². The van der Waals surface area contributed by atoms with Gasteiger partial charge in [0.05, 0.1) is 43.3 Å². The van der Waals surface area contributed by atoms with Gasteiger partial charge in [-0.15, -0.1) is 0 Å². The van der Waals surface area contributed by atoms with Crippen molar-refractivity contribution in [1.82, 2.24) is 30.6 Å². The summed E-state index contributed by atoms with van der Waals surface area (Å²) >= 11 is 25.3. The Bertz CT molecular complexity index is 3880. The number of halogens is 4. The van der Waals surface area contributed by atoms with Crippen LogP contribution < -0.4 is 16.0 Å². The quantitative estimate of drug-likeness (QED) is 0.0714. The van der Waals surface area contributed by atoms with E-state index in [0.29, 0.717) is 33.7 Å². The average molecular weight is 1060 g/mol. The van der Waals surface area contributed by atoms with Gasteiger partial charge in [-0.1, -0.05) is 192 Å². The molecule has 368 valence electrons. The number of nitrogens with one attached hydrogen (secondary N) is 6. The van der Waals surface area contributed by atoms with Gasteiger partial charge in [0.25, 0.3) is 0 Å². The highest BCUT2D eigenvalue weighted by molar-refractivity contribution is 6.35. The van der Waals surface area contributed by atoms with Crippen LogP contribution in [0.5, 0.6) is 0 Å². The molecule has 0 unspecified atom stereocenters. The molecule has 0 aliphatic carbocycles. The normalized spacial score (nSPS) is 10.8. The Hall–Kier alpha value is -8.56. The topological polar surface area (TPSA) is 146 Å². The molecule has 0 aliphatic rings. The van der Waals surface area contributed by atoms with E-state index < -0.39 is 0 Å². The van der Waals surface area contributed by atoms with Crippen LogP contribution in [0.15, 0.2) is 206 Å². The van der Waals surface area contributed by atoms with Crippen LogP contribution in [0.3, 0.4) is 0 Å². The van der Waals surface area contributed by atoms with Gasteiger partial charge in [-0.2, -0.15) is 20.6 Å². The summed E-state index contributed by atoms with van der Waals surface area (Å²) in [6, 6.07) is 69.9. The zero-order valence-corrected chi connectivity index (χ0v) is 43.1. The SMILES string of the molecule is Clc1cc2[nH]nc(NCc3ccccc3)c2cc1-c1ccccc1.Clc1ccc(CNc2n[nH]c3cc(Cl)c(-c4ccccc4)cc23)cc1.N#Cc1ccc(CNc2n[nH]c3cc(Cl)c(-c4ccccc4)cc23)cc1. The second-order valence-corrected chi connectivity index (χ2v) is 19.1. The molecule has 0 atom stereocenters. The van der Waals surface area contributed by atoms with E-state index in [1.807, 2.05) is 164 Å². The van der Waals surface area contributed by atoms with E-state index in [-0.39, 0.29) is 0 Å². The minimum atomic E-state index is 0.620. The lowest BCUT2D eigenvalue weighted by atomic mass is 10.0. The van der Waals surface area contributed by atoms with Crippen molar-refractivity contribution >= 4 is 96.6 Å². The molecule has 0 aliphatic heterocycles. The maximum Gasteiger partial charge on any atom is 0.156 e. The molecule has 12 aromatic rings. The van der Waals surface area contributed by atoms with Crippen molar-refractivity contribution in [1.29, 1.82) is 5.26 Å². The molecule has 0 bridgehead atoms. The number of benzene rings is 9. The molecule has 75 heavy (non-hydrogen) atoms. The Morgan fingerprint density at radius 1 is 0.373 bits per heavy atom. The number of aromatic nitrogens is 6. The zero-order valence-electron chi connectivity index (χ0n) is 40.1. The highest BCUT2D eigenvalue weighted by Crippen LogP contribution is 2.37. The minimum Gasteiger partial charge on any atom is -0.364 e. The molecule has 0 radical (unpaired) electrons. The summed E-state index contributed by atoms with van der Waals surface area (Å²) in [5.74, 6) is 2.42. The molecule has 0 fully saturated rings. The summed E-state index contributed by atoms with van der Waals surface area (Å²) in [6.07, 6.45) is 0. The van der Waals surface area contributed by atoms with E-state index in [4.69, 9.17) is 51.7 Å². The van der Waals surface area contributed by atoms with Crippen molar-refractivity contribution in [3.8, 4) is 39.4 Å². The Morgan fingerprint density at radius 2 is 0.680 bits per heavy atom. The predicted molar refractivity (Wildman–Crippen MR) is 311 cm³/mol. The smallest absolute Gasteiger partial charge is 0.156 e. The molecule has 9 aromatic carbocycles. The maximum absolute atomic E-state index is 8.88. The first kappa shape index (κ1) is 50.0. The average Bonchev–Trinajstić information content (AvgIpc) is 4.18. The van der Waals surface area contributed by atoms with Crippen molar-refractivity contribution < 1.29 is 0 Å². The number of anilines is 3. The fraction of sp³-hybridized carbons (Fsp3) is 0.0492. The van der Waals surface area contributed by atoms with E-state index in [9.17, 15) is 0 Å². The number of fused-ring (bicyclic) bond motifs is 3. The van der Waals surface area contributed by atoms with Crippen molar-refractivity contribution in [2.24, 2.45) is 0 Å². The molecule has 3 aromatic heterocycles. The highest BCUT2D eigenvalue weighted by atomic mass is 35.5. The molecule has 0 saturated carbocycles. The van der Waals surface area contributed by atoms with Gasteiger partial charge < -0.3 is 16.0 Å². The van der Waals surface area contributed by atoms with Gasteiger partial charge >= 0.3 is 0 Å². The Morgan fingerprint density at radius 3 is 1.01 bits per heavy atom. The Labute approximate surface area is 453 Å². The van der Waals surface area contributed by atoms with E-state index in [1.165, 1.54) is 5.56 Å². The van der Waals surface area contributed by atoms with Crippen molar-refractivity contribution in [2.75, 3.05) is 16.0 Å². The lowest BCUT2D eigenvalue weighted by molar-refractivity contribution is 1.06. The van der Waals surface area contributed by atoms with Crippen LogP contribution in [0.2, 0.25) is 20.1 Å². The first-order valence-corrected chi connectivity index (χ1v) is 25.5. The second-order valence-electron chi connectivity index (χ2n) is 17.4. The number of rotatable bonds is 12. The minimum absolute atomic E-state index is 0.620. The lowest BCUT2D eigenvalue weighted by Crippen LogP contribution is -2.00. The largest absolute Gasteiger partial charge is 0.364 e. The predicted octanol–water partition coefficient (Wildman–Crippen LogP) is 17.0. The number of H-pyrrole nitrogens is 3. The fourth-order valence-corrected chi connectivity index (χ4v) is 9.43. The molecule has 14 heteroatoms. The lowest BCUT2D eigenvalue weighted by Gasteiger charge is -2.07. The number of nitriles is 1. The molecule has 10 nitrogen and oxygen atoms in total. The van der Waals surface area contributed by atoms with E-state index in [1.54, 1.807) is 0 Å². The summed E-state index contributed by atoms with van der Waals surface area (Å²) in [5, 5.41) is 47.1. The fourth-order valence-electron chi connectivity index (χ4n) is 8.49. The number of hydrogen-bond acceptors (Lipinski definition) is 7. The molecule has 0 spiro atoms. The van der Waals surface area contributed by atoms with Crippen LogP contribution in [-0.4, -0.2) is 30.6 Å². The molecule has 6 N–H and O–H groups in total. The van der Waals surface area contributed by atoms with Gasteiger partial charge in [0.2, 0.25) is 0 Å². The summed E-state index contributed by atoms with van der Waals surface area (Å²) < 4.78 is 0. The van der Waals surface area contributed by atoms with Crippen LogP contribution in [-0.2, 0) is 19.6 Å². The van der Waals surface area contributed by atoms with Gasteiger partial charge in [0.15, 0.2) is 17.5 Å². The highest BCUT2D eigenvalue weighted by Gasteiger charge is 2.15. The first-order chi connectivity index (χ1) is 36.8.